The lowest BCUT2D eigenvalue weighted by atomic mass is 10.00. The van der Waals surface area contributed by atoms with Crippen molar-refractivity contribution in [2.75, 3.05) is 18.0 Å². The van der Waals surface area contributed by atoms with Crippen molar-refractivity contribution >= 4 is 5.82 Å². The summed E-state index contributed by atoms with van der Waals surface area (Å²) in [7, 11) is 0. The first kappa shape index (κ1) is 12.6. The maximum atomic E-state index is 10.1. The Hall–Kier alpha value is -1.13. The molecule has 1 saturated carbocycles. The maximum absolute atomic E-state index is 10.1. The van der Waals surface area contributed by atoms with Gasteiger partial charge in [0.2, 0.25) is 0 Å². The van der Waals surface area contributed by atoms with E-state index < -0.39 is 0 Å². The molecule has 0 spiro atoms. The highest BCUT2D eigenvalue weighted by molar-refractivity contribution is 5.52. The number of aliphatic hydroxyl groups is 1. The average molecular weight is 273 g/mol. The van der Waals surface area contributed by atoms with Gasteiger partial charge in [-0.2, -0.15) is 0 Å². The monoisotopic (exact) mass is 273 g/mol. The number of rotatable bonds is 2. The number of aryl methyl sites for hydroxylation is 2. The first-order valence-electron chi connectivity index (χ1n) is 7.91. The Morgan fingerprint density at radius 2 is 2.20 bits per heavy atom. The van der Waals surface area contributed by atoms with Crippen LogP contribution in [0.1, 0.15) is 36.1 Å². The van der Waals surface area contributed by atoms with Gasteiger partial charge in [-0.15, -0.1) is 0 Å². The molecule has 0 bridgehead atoms. The SMILES string of the molecule is NCc1cc2c(nc1N1CC3CCC(O)C3C1)CCC2. The summed E-state index contributed by atoms with van der Waals surface area (Å²) in [4.78, 5) is 7.30. The quantitative estimate of drug-likeness (QED) is 0.851. The normalized spacial score (nSPS) is 31.7. The van der Waals surface area contributed by atoms with Crippen molar-refractivity contribution in [2.24, 2.45) is 17.6 Å². The molecule has 0 radical (unpaired) electrons. The summed E-state index contributed by atoms with van der Waals surface area (Å²) in [6.45, 7) is 2.55. The maximum Gasteiger partial charge on any atom is 0.133 e. The summed E-state index contributed by atoms with van der Waals surface area (Å²) in [5.41, 5.74) is 9.79. The minimum atomic E-state index is -0.110. The van der Waals surface area contributed by atoms with Crippen molar-refractivity contribution in [1.29, 1.82) is 0 Å². The number of aromatic nitrogens is 1. The molecular weight excluding hydrogens is 250 g/mol. The highest BCUT2D eigenvalue weighted by Gasteiger charge is 2.42. The Bertz CT molecular complexity index is 531. The third-order valence-corrected chi connectivity index (χ3v) is 5.45. The Morgan fingerprint density at radius 1 is 1.30 bits per heavy atom. The number of hydrogen-bond donors (Lipinski definition) is 2. The van der Waals surface area contributed by atoms with Crippen LogP contribution in [0.2, 0.25) is 0 Å². The van der Waals surface area contributed by atoms with Crippen molar-refractivity contribution in [2.45, 2.75) is 44.8 Å². The lowest BCUT2D eigenvalue weighted by molar-refractivity contribution is 0.133. The molecule has 2 aliphatic carbocycles. The molecule has 4 rings (SSSR count). The zero-order valence-electron chi connectivity index (χ0n) is 11.9. The van der Waals surface area contributed by atoms with E-state index in [1.807, 2.05) is 0 Å². The van der Waals surface area contributed by atoms with Crippen molar-refractivity contribution in [3.05, 3.63) is 22.9 Å². The van der Waals surface area contributed by atoms with Crippen molar-refractivity contribution < 1.29 is 5.11 Å². The van der Waals surface area contributed by atoms with Crippen LogP contribution in [-0.2, 0) is 19.4 Å². The van der Waals surface area contributed by atoms with Gasteiger partial charge in [0.1, 0.15) is 5.82 Å². The van der Waals surface area contributed by atoms with Crippen LogP contribution in [-0.4, -0.2) is 29.3 Å². The van der Waals surface area contributed by atoms with Crippen molar-refractivity contribution in [3.63, 3.8) is 0 Å². The first-order chi connectivity index (χ1) is 9.76. The average Bonchev–Trinajstić information content (AvgIpc) is 3.14. The second kappa shape index (κ2) is 4.71. The highest BCUT2D eigenvalue weighted by atomic mass is 16.3. The molecule has 4 heteroatoms. The molecule has 2 fully saturated rings. The van der Waals surface area contributed by atoms with Gasteiger partial charge < -0.3 is 15.7 Å². The summed E-state index contributed by atoms with van der Waals surface area (Å²) >= 11 is 0. The van der Waals surface area contributed by atoms with Gasteiger partial charge in [0.15, 0.2) is 0 Å². The van der Waals surface area contributed by atoms with Crippen molar-refractivity contribution in [3.8, 4) is 0 Å². The summed E-state index contributed by atoms with van der Waals surface area (Å²) in [6.07, 6.45) is 5.51. The molecule has 3 atom stereocenters. The van der Waals surface area contributed by atoms with Crippen LogP contribution in [0, 0.1) is 11.8 Å². The van der Waals surface area contributed by atoms with Gasteiger partial charge in [-0.05, 0) is 49.7 Å². The largest absolute Gasteiger partial charge is 0.393 e. The van der Waals surface area contributed by atoms with Gasteiger partial charge in [-0.1, -0.05) is 0 Å². The van der Waals surface area contributed by atoms with Crippen LogP contribution in [0.15, 0.2) is 6.07 Å². The Balaban J connectivity index is 1.66. The number of fused-ring (bicyclic) bond motifs is 2. The topological polar surface area (TPSA) is 62.4 Å². The molecule has 3 unspecified atom stereocenters. The molecule has 3 N–H and O–H groups in total. The first-order valence-corrected chi connectivity index (χ1v) is 7.91. The fourth-order valence-electron chi connectivity index (χ4n) is 4.34. The van der Waals surface area contributed by atoms with Crippen LogP contribution < -0.4 is 10.6 Å². The number of nitrogens with two attached hydrogens (primary N) is 1. The predicted octanol–water partition coefficient (Wildman–Crippen LogP) is 1.24. The van der Waals surface area contributed by atoms with Crippen LogP contribution in [0.5, 0.6) is 0 Å². The molecule has 1 saturated heterocycles. The van der Waals surface area contributed by atoms with Crippen LogP contribution in [0.4, 0.5) is 5.82 Å². The second-order valence-electron chi connectivity index (χ2n) is 6.61. The van der Waals surface area contributed by atoms with Gasteiger partial charge in [0, 0.05) is 36.8 Å². The lowest BCUT2D eigenvalue weighted by Crippen LogP contribution is -2.27. The third kappa shape index (κ3) is 1.85. The molecule has 108 valence electrons. The van der Waals surface area contributed by atoms with Gasteiger partial charge in [-0.3, -0.25) is 0 Å². The van der Waals surface area contributed by atoms with Gasteiger partial charge in [0.05, 0.1) is 6.10 Å². The van der Waals surface area contributed by atoms with E-state index >= 15 is 0 Å². The Morgan fingerprint density at radius 3 is 3.00 bits per heavy atom. The van der Waals surface area contributed by atoms with E-state index in [-0.39, 0.29) is 6.10 Å². The standard InChI is InChI=1S/C16H23N3O/c17-7-12-6-10-2-1-3-14(10)18-16(12)19-8-11-4-5-15(20)13(11)9-19/h6,11,13,15,20H,1-5,7-9,17H2. The summed E-state index contributed by atoms with van der Waals surface area (Å²) < 4.78 is 0. The molecule has 3 aliphatic rings. The van der Waals surface area contributed by atoms with Crippen LogP contribution >= 0.6 is 0 Å². The van der Waals surface area contributed by atoms with Gasteiger partial charge in [0.25, 0.3) is 0 Å². The minimum Gasteiger partial charge on any atom is -0.393 e. The number of nitrogens with zero attached hydrogens (tertiary/aromatic N) is 2. The molecule has 2 heterocycles. The molecular formula is C16H23N3O. The summed E-state index contributed by atoms with van der Waals surface area (Å²) in [5, 5.41) is 10.1. The van der Waals surface area contributed by atoms with E-state index in [2.05, 4.69) is 11.0 Å². The molecule has 1 aromatic heterocycles. The number of anilines is 1. The number of aliphatic hydroxyl groups excluding tert-OH is 1. The summed E-state index contributed by atoms with van der Waals surface area (Å²) in [5.74, 6) is 2.18. The number of hydrogen-bond acceptors (Lipinski definition) is 4. The number of pyridine rings is 1. The minimum absolute atomic E-state index is 0.110. The molecule has 0 amide bonds. The van der Waals surface area contributed by atoms with E-state index in [0.717, 1.165) is 44.6 Å². The van der Waals surface area contributed by atoms with Gasteiger partial charge >= 0.3 is 0 Å². The molecule has 1 aromatic rings. The van der Waals surface area contributed by atoms with E-state index in [1.165, 1.54) is 23.2 Å². The predicted molar refractivity (Wildman–Crippen MR) is 78.6 cm³/mol. The third-order valence-electron chi connectivity index (χ3n) is 5.45. The molecule has 4 nitrogen and oxygen atoms in total. The second-order valence-corrected chi connectivity index (χ2v) is 6.61. The van der Waals surface area contributed by atoms with E-state index in [0.29, 0.717) is 18.4 Å². The Kier molecular flexibility index (Phi) is 2.97. The van der Waals surface area contributed by atoms with E-state index in [4.69, 9.17) is 10.7 Å². The molecule has 0 aromatic carbocycles. The molecule has 1 aliphatic heterocycles. The van der Waals surface area contributed by atoms with E-state index in [1.54, 1.807) is 0 Å². The Labute approximate surface area is 120 Å². The zero-order chi connectivity index (χ0) is 13.7. The van der Waals surface area contributed by atoms with Gasteiger partial charge in [-0.25, -0.2) is 4.98 Å². The highest BCUT2D eigenvalue weighted by Crippen LogP contribution is 2.40. The van der Waals surface area contributed by atoms with E-state index in [9.17, 15) is 5.11 Å². The van der Waals surface area contributed by atoms with Crippen molar-refractivity contribution in [1.82, 2.24) is 4.98 Å². The fraction of sp³-hybridized carbons (Fsp3) is 0.688. The smallest absolute Gasteiger partial charge is 0.133 e. The molecule has 20 heavy (non-hydrogen) atoms. The van der Waals surface area contributed by atoms with Crippen LogP contribution in [0.3, 0.4) is 0 Å². The lowest BCUT2D eigenvalue weighted by Gasteiger charge is -2.23. The zero-order valence-corrected chi connectivity index (χ0v) is 11.9. The van der Waals surface area contributed by atoms with Crippen LogP contribution in [0.25, 0.3) is 0 Å². The fourth-order valence-corrected chi connectivity index (χ4v) is 4.34. The summed E-state index contributed by atoms with van der Waals surface area (Å²) in [6, 6.07) is 2.27.